The highest BCUT2D eigenvalue weighted by atomic mass is 16.3. The summed E-state index contributed by atoms with van der Waals surface area (Å²) in [5.41, 5.74) is 0. The van der Waals surface area contributed by atoms with Crippen molar-refractivity contribution < 1.29 is 9.90 Å². The van der Waals surface area contributed by atoms with Crippen molar-refractivity contribution >= 4 is 5.91 Å². The number of aliphatic hydroxyl groups excluding tert-OH is 1. The number of carbonyl (C=O) groups is 1. The molecule has 94 valence electrons. The van der Waals surface area contributed by atoms with Crippen molar-refractivity contribution in [2.75, 3.05) is 19.7 Å². The SMILES string of the molecule is CCCNC(=O)CNC1CCCCC1CO. The molecule has 1 aliphatic rings. The van der Waals surface area contributed by atoms with Gasteiger partial charge in [-0.1, -0.05) is 19.8 Å². The molecule has 1 aliphatic carbocycles. The first kappa shape index (κ1) is 13.5. The van der Waals surface area contributed by atoms with Crippen LogP contribution in [0.2, 0.25) is 0 Å². The van der Waals surface area contributed by atoms with Gasteiger partial charge in [0.2, 0.25) is 5.91 Å². The predicted octanol–water partition coefficient (Wildman–Crippen LogP) is 0.653. The van der Waals surface area contributed by atoms with Crippen LogP contribution in [-0.2, 0) is 4.79 Å². The summed E-state index contributed by atoms with van der Waals surface area (Å²) in [6, 6.07) is 0.311. The second-order valence-electron chi connectivity index (χ2n) is 4.56. The van der Waals surface area contributed by atoms with Gasteiger partial charge in [0, 0.05) is 19.2 Å². The molecule has 0 aliphatic heterocycles. The molecule has 1 fully saturated rings. The standard InChI is InChI=1S/C12H24N2O2/c1-2-7-13-12(16)8-14-11-6-4-3-5-10(11)9-15/h10-11,14-15H,2-9H2,1H3,(H,13,16). The second-order valence-corrected chi connectivity index (χ2v) is 4.56. The lowest BCUT2D eigenvalue weighted by molar-refractivity contribution is -0.120. The van der Waals surface area contributed by atoms with E-state index < -0.39 is 0 Å². The molecule has 0 spiro atoms. The first-order valence-electron chi connectivity index (χ1n) is 6.38. The number of aliphatic hydroxyl groups is 1. The fourth-order valence-corrected chi connectivity index (χ4v) is 2.25. The summed E-state index contributed by atoms with van der Waals surface area (Å²) >= 11 is 0. The van der Waals surface area contributed by atoms with Crippen LogP contribution < -0.4 is 10.6 Å². The molecule has 0 radical (unpaired) electrons. The third-order valence-corrected chi connectivity index (χ3v) is 3.24. The number of hydrogen-bond donors (Lipinski definition) is 3. The van der Waals surface area contributed by atoms with Crippen LogP contribution in [-0.4, -0.2) is 36.8 Å². The van der Waals surface area contributed by atoms with Crippen LogP contribution >= 0.6 is 0 Å². The molecule has 3 N–H and O–H groups in total. The molecule has 0 aromatic rings. The van der Waals surface area contributed by atoms with E-state index in [1.54, 1.807) is 0 Å². The Bertz CT molecular complexity index is 209. The third-order valence-electron chi connectivity index (χ3n) is 3.24. The number of carbonyl (C=O) groups excluding carboxylic acids is 1. The van der Waals surface area contributed by atoms with Gasteiger partial charge in [0.05, 0.1) is 6.54 Å². The van der Waals surface area contributed by atoms with Crippen LogP contribution in [0, 0.1) is 5.92 Å². The summed E-state index contributed by atoms with van der Waals surface area (Å²) in [4.78, 5) is 11.4. The molecule has 2 unspecified atom stereocenters. The van der Waals surface area contributed by atoms with Crippen molar-refractivity contribution in [2.45, 2.75) is 45.1 Å². The van der Waals surface area contributed by atoms with Gasteiger partial charge in [-0.15, -0.1) is 0 Å². The third kappa shape index (κ3) is 4.49. The van der Waals surface area contributed by atoms with Gasteiger partial charge in [0.25, 0.3) is 0 Å². The molecule has 0 heterocycles. The molecule has 1 rings (SSSR count). The predicted molar refractivity (Wildman–Crippen MR) is 64.1 cm³/mol. The van der Waals surface area contributed by atoms with E-state index in [1.165, 1.54) is 12.8 Å². The topological polar surface area (TPSA) is 61.4 Å². The van der Waals surface area contributed by atoms with Gasteiger partial charge in [-0.3, -0.25) is 4.79 Å². The van der Waals surface area contributed by atoms with Gasteiger partial charge >= 0.3 is 0 Å². The Morgan fingerprint density at radius 1 is 1.38 bits per heavy atom. The molecule has 4 nitrogen and oxygen atoms in total. The van der Waals surface area contributed by atoms with Gasteiger partial charge in [0.15, 0.2) is 0 Å². The normalized spacial score (nSPS) is 25.4. The van der Waals surface area contributed by atoms with Crippen LogP contribution in [0.15, 0.2) is 0 Å². The van der Waals surface area contributed by atoms with Crippen LogP contribution in [0.25, 0.3) is 0 Å². The zero-order chi connectivity index (χ0) is 11.8. The van der Waals surface area contributed by atoms with E-state index in [9.17, 15) is 9.90 Å². The zero-order valence-electron chi connectivity index (χ0n) is 10.2. The number of nitrogens with one attached hydrogen (secondary N) is 2. The molecule has 1 amide bonds. The van der Waals surface area contributed by atoms with Crippen LogP contribution in [0.3, 0.4) is 0 Å². The van der Waals surface area contributed by atoms with E-state index in [0.29, 0.717) is 18.5 Å². The average Bonchev–Trinajstić information content (AvgIpc) is 2.34. The van der Waals surface area contributed by atoms with E-state index in [0.717, 1.165) is 25.8 Å². The fourth-order valence-electron chi connectivity index (χ4n) is 2.25. The summed E-state index contributed by atoms with van der Waals surface area (Å²) in [6.07, 6.45) is 5.52. The molecule has 4 heteroatoms. The summed E-state index contributed by atoms with van der Waals surface area (Å²) in [6.45, 7) is 3.39. The summed E-state index contributed by atoms with van der Waals surface area (Å²) in [5.74, 6) is 0.386. The van der Waals surface area contributed by atoms with Crippen molar-refractivity contribution in [1.82, 2.24) is 10.6 Å². The van der Waals surface area contributed by atoms with Gasteiger partial charge in [-0.25, -0.2) is 0 Å². The zero-order valence-corrected chi connectivity index (χ0v) is 10.2. The Hall–Kier alpha value is -0.610. The summed E-state index contributed by atoms with van der Waals surface area (Å²) in [5, 5.41) is 15.3. The first-order valence-corrected chi connectivity index (χ1v) is 6.38. The Morgan fingerprint density at radius 2 is 2.12 bits per heavy atom. The highest BCUT2D eigenvalue weighted by Crippen LogP contribution is 2.23. The minimum Gasteiger partial charge on any atom is -0.396 e. The number of rotatable bonds is 6. The fraction of sp³-hybridized carbons (Fsp3) is 0.917. The number of hydrogen-bond acceptors (Lipinski definition) is 3. The van der Waals surface area contributed by atoms with Crippen LogP contribution in [0.5, 0.6) is 0 Å². The first-order chi connectivity index (χ1) is 7.77. The molecule has 0 aromatic carbocycles. The molecule has 1 saturated carbocycles. The van der Waals surface area contributed by atoms with Gasteiger partial charge in [0.1, 0.15) is 0 Å². The van der Waals surface area contributed by atoms with Crippen LogP contribution in [0.4, 0.5) is 0 Å². The Morgan fingerprint density at radius 3 is 2.81 bits per heavy atom. The minimum absolute atomic E-state index is 0.0594. The van der Waals surface area contributed by atoms with E-state index in [1.807, 2.05) is 6.92 Å². The van der Waals surface area contributed by atoms with Crippen molar-refractivity contribution in [2.24, 2.45) is 5.92 Å². The molecule has 0 bridgehead atoms. The Kier molecular flexibility index (Phi) is 6.42. The molecular weight excluding hydrogens is 204 g/mol. The molecular formula is C12H24N2O2. The molecule has 0 aromatic heterocycles. The van der Waals surface area contributed by atoms with E-state index in [-0.39, 0.29) is 12.5 Å². The molecule has 2 atom stereocenters. The largest absolute Gasteiger partial charge is 0.396 e. The van der Waals surface area contributed by atoms with Crippen molar-refractivity contribution in [3.05, 3.63) is 0 Å². The minimum atomic E-state index is 0.0594. The monoisotopic (exact) mass is 228 g/mol. The lowest BCUT2D eigenvalue weighted by Gasteiger charge is -2.30. The lowest BCUT2D eigenvalue weighted by Crippen LogP contribution is -2.45. The van der Waals surface area contributed by atoms with E-state index in [2.05, 4.69) is 10.6 Å². The summed E-state index contributed by atoms with van der Waals surface area (Å²) in [7, 11) is 0. The van der Waals surface area contributed by atoms with Crippen LogP contribution in [0.1, 0.15) is 39.0 Å². The summed E-state index contributed by atoms with van der Waals surface area (Å²) < 4.78 is 0. The van der Waals surface area contributed by atoms with Crippen molar-refractivity contribution in [3.8, 4) is 0 Å². The maximum Gasteiger partial charge on any atom is 0.233 e. The van der Waals surface area contributed by atoms with E-state index >= 15 is 0 Å². The maximum atomic E-state index is 11.4. The maximum absolute atomic E-state index is 11.4. The smallest absolute Gasteiger partial charge is 0.233 e. The highest BCUT2D eigenvalue weighted by Gasteiger charge is 2.24. The van der Waals surface area contributed by atoms with Gasteiger partial charge < -0.3 is 15.7 Å². The van der Waals surface area contributed by atoms with Crippen molar-refractivity contribution in [1.29, 1.82) is 0 Å². The van der Waals surface area contributed by atoms with Gasteiger partial charge in [-0.2, -0.15) is 0 Å². The molecule has 0 saturated heterocycles. The molecule has 16 heavy (non-hydrogen) atoms. The average molecular weight is 228 g/mol. The van der Waals surface area contributed by atoms with E-state index in [4.69, 9.17) is 0 Å². The highest BCUT2D eigenvalue weighted by molar-refractivity contribution is 5.77. The lowest BCUT2D eigenvalue weighted by atomic mass is 9.85. The second kappa shape index (κ2) is 7.63. The Labute approximate surface area is 97.8 Å². The van der Waals surface area contributed by atoms with Gasteiger partial charge in [-0.05, 0) is 25.2 Å². The quantitative estimate of drug-likeness (QED) is 0.625. The van der Waals surface area contributed by atoms with Crippen molar-refractivity contribution in [3.63, 3.8) is 0 Å². The Balaban J connectivity index is 2.21. The number of amides is 1.